The smallest absolute Gasteiger partial charge is 0.329 e. The number of urea groups is 1. The third kappa shape index (κ3) is 2.92. The first-order chi connectivity index (χ1) is 13.2. The fourth-order valence-electron chi connectivity index (χ4n) is 3.49. The summed E-state index contributed by atoms with van der Waals surface area (Å²) < 4.78 is 0. The monoisotopic (exact) mass is 366 g/mol. The van der Waals surface area contributed by atoms with Crippen LogP contribution in [0.15, 0.2) is 24.8 Å². The van der Waals surface area contributed by atoms with Crippen LogP contribution in [0, 0.1) is 0 Å². The predicted molar refractivity (Wildman–Crippen MR) is 96.7 cm³/mol. The van der Waals surface area contributed by atoms with Crippen LogP contribution in [0.4, 0.5) is 22.1 Å². The number of nitrogens with one attached hydrogen (secondary N) is 2. The number of hydrogen-bond donors (Lipinski definition) is 2. The Balaban J connectivity index is 1.47. The molecule has 4 heterocycles. The molecular formula is C17H18N8O2. The van der Waals surface area contributed by atoms with E-state index in [2.05, 4.69) is 35.5 Å². The van der Waals surface area contributed by atoms with Gasteiger partial charge in [-0.1, -0.05) is 0 Å². The summed E-state index contributed by atoms with van der Waals surface area (Å²) in [6.45, 7) is 1.54. The fourth-order valence-corrected chi connectivity index (χ4v) is 3.49. The lowest BCUT2D eigenvalue weighted by Crippen LogP contribution is -2.48. The standard InChI is InChI=1S/C17H18N8O2/c26-16(21-10-1-2-10)14-20-7-12-15(23-14)25(11-3-6-24(12)9-11)17(27)22-13-8-18-4-5-19-13/h4-5,7-8,10-11H,1-3,6,9H2,(H,21,26)(H,19,22,27)/t11-/m0/s1. The molecule has 27 heavy (non-hydrogen) atoms. The van der Waals surface area contributed by atoms with E-state index in [1.165, 1.54) is 12.4 Å². The molecule has 2 aromatic heterocycles. The molecule has 3 aliphatic rings. The Morgan fingerprint density at radius 2 is 2.00 bits per heavy atom. The van der Waals surface area contributed by atoms with Crippen LogP contribution >= 0.6 is 0 Å². The van der Waals surface area contributed by atoms with Crippen LogP contribution in [0.3, 0.4) is 0 Å². The third-order valence-corrected chi connectivity index (χ3v) is 4.98. The normalized spacial score (nSPS) is 20.2. The molecule has 0 unspecified atom stereocenters. The van der Waals surface area contributed by atoms with Gasteiger partial charge in [-0.25, -0.2) is 19.7 Å². The zero-order valence-electron chi connectivity index (χ0n) is 14.5. The van der Waals surface area contributed by atoms with Gasteiger partial charge in [0, 0.05) is 31.5 Å². The maximum Gasteiger partial charge on any atom is 0.329 e. The van der Waals surface area contributed by atoms with Crippen molar-refractivity contribution in [3.05, 3.63) is 30.6 Å². The van der Waals surface area contributed by atoms with E-state index < -0.39 is 0 Å². The maximum absolute atomic E-state index is 13.0. The average Bonchev–Trinajstić information content (AvgIpc) is 3.40. The lowest BCUT2D eigenvalue weighted by Gasteiger charge is -2.35. The molecule has 2 N–H and O–H groups in total. The Labute approximate surface area is 155 Å². The van der Waals surface area contributed by atoms with Crippen molar-refractivity contribution < 1.29 is 9.59 Å². The summed E-state index contributed by atoms with van der Waals surface area (Å²) in [6, 6.07) is -0.132. The van der Waals surface area contributed by atoms with Gasteiger partial charge in [0.2, 0.25) is 5.82 Å². The minimum Gasteiger partial charge on any atom is -0.365 e. The second-order valence-electron chi connectivity index (χ2n) is 6.93. The zero-order valence-corrected chi connectivity index (χ0v) is 14.5. The molecule has 1 saturated heterocycles. The van der Waals surface area contributed by atoms with Crippen molar-refractivity contribution in [2.24, 2.45) is 0 Å². The largest absolute Gasteiger partial charge is 0.365 e. The molecule has 138 valence electrons. The summed E-state index contributed by atoms with van der Waals surface area (Å²) >= 11 is 0. The molecule has 3 amide bonds. The molecule has 1 saturated carbocycles. The molecular weight excluding hydrogens is 348 g/mol. The summed E-state index contributed by atoms with van der Waals surface area (Å²) in [4.78, 5) is 45.8. The molecule has 2 bridgehead atoms. The molecule has 5 rings (SSSR count). The molecule has 1 atom stereocenters. The summed E-state index contributed by atoms with van der Waals surface area (Å²) in [5, 5.41) is 5.64. The van der Waals surface area contributed by atoms with Crippen molar-refractivity contribution >= 4 is 29.3 Å². The first-order valence-electron chi connectivity index (χ1n) is 8.98. The maximum atomic E-state index is 13.0. The van der Waals surface area contributed by atoms with Crippen LogP contribution in [-0.2, 0) is 0 Å². The van der Waals surface area contributed by atoms with Crippen LogP contribution in [0.25, 0.3) is 0 Å². The van der Waals surface area contributed by atoms with Crippen molar-refractivity contribution in [1.82, 2.24) is 25.3 Å². The van der Waals surface area contributed by atoms with E-state index in [-0.39, 0.29) is 29.8 Å². The molecule has 2 aliphatic heterocycles. The van der Waals surface area contributed by atoms with Gasteiger partial charge in [0.15, 0.2) is 11.6 Å². The Bertz CT molecular complexity index is 901. The second kappa shape index (κ2) is 6.15. The van der Waals surface area contributed by atoms with Gasteiger partial charge < -0.3 is 10.2 Å². The second-order valence-corrected chi connectivity index (χ2v) is 6.93. The number of carbonyl (C=O) groups is 2. The van der Waals surface area contributed by atoms with Crippen molar-refractivity contribution in [2.75, 3.05) is 28.2 Å². The highest BCUT2D eigenvalue weighted by Crippen LogP contribution is 2.38. The number of amides is 3. The van der Waals surface area contributed by atoms with Gasteiger partial charge in [-0.15, -0.1) is 0 Å². The quantitative estimate of drug-likeness (QED) is 0.825. The Kier molecular flexibility index (Phi) is 3.62. The number of rotatable bonds is 3. The van der Waals surface area contributed by atoms with Gasteiger partial charge in [-0.2, -0.15) is 0 Å². The first-order valence-corrected chi connectivity index (χ1v) is 8.98. The Morgan fingerprint density at radius 1 is 1.11 bits per heavy atom. The number of hydrogen-bond acceptors (Lipinski definition) is 7. The van der Waals surface area contributed by atoms with Crippen LogP contribution in [0.5, 0.6) is 0 Å². The summed E-state index contributed by atoms with van der Waals surface area (Å²) in [5.41, 5.74) is 0.765. The van der Waals surface area contributed by atoms with Crippen LogP contribution in [0.1, 0.15) is 29.9 Å². The van der Waals surface area contributed by atoms with Crippen molar-refractivity contribution in [2.45, 2.75) is 31.3 Å². The number of carbonyl (C=O) groups excluding carboxylic acids is 2. The average molecular weight is 366 g/mol. The number of anilines is 3. The van der Waals surface area contributed by atoms with E-state index in [9.17, 15) is 9.59 Å². The van der Waals surface area contributed by atoms with Gasteiger partial charge in [-0.3, -0.25) is 20.0 Å². The SMILES string of the molecule is O=C(NC1CC1)c1ncc2c(n1)N(C(=O)Nc1cnccn1)[C@H]1CCN2C1. The highest BCUT2D eigenvalue weighted by molar-refractivity contribution is 6.04. The zero-order chi connectivity index (χ0) is 18.4. The van der Waals surface area contributed by atoms with E-state index >= 15 is 0 Å². The highest BCUT2D eigenvalue weighted by Gasteiger charge is 2.41. The molecule has 10 nitrogen and oxygen atoms in total. The van der Waals surface area contributed by atoms with E-state index in [0.717, 1.165) is 38.0 Å². The van der Waals surface area contributed by atoms with Crippen LogP contribution < -0.4 is 20.4 Å². The molecule has 1 aliphatic carbocycles. The summed E-state index contributed by atoms with van der Waals surface area (Å²) in [7, 11) is 0. The number of fused-ring (bicyclic) bond motifs is 4. The van der Waals surface area contributed by atoms with Gasteiger partial charge in [-0.05, 0) is 19.3 Å². The molecule has 2 aromatic rings. The Morgan fingerprint density at radius 3 is 2.78 bits per heavy atom. The molecule has 10 heteroatoms. The predicted octanol–water partition coefficient (Wildman–Crippen LogP) is 0.790. The number of nitrogens with zero attached hydrogens (tertiary/aromatic N) is 6. The van der Waals surface area contributed by atoms with E-state index in [4.69, 9.17) is 0 Å². The Hall–Kier alpha value is -3.30. The van der Waals surface area contributed by atoms with Crippen molar-refractivity contribution in [1.29, 1.82) is 0 Å². The topological polar surface area (TPSA) is 116 Å². The highest BCUT2D eigenvalue weighted by atomic mass is 16.2. The van der Waals surface area contributed by atoms with Crippen molar-refractivity contribution in [3.8, 4) is 0 Å². The van der Waals surface area contributed by atoms with Crippen LogP contribution in [0.2, 0.25) is 0 Å². The minimum absolute atomic E-state index is 0.0107. The fraction of sp³-hybridized carbons (Fsp3) is 0.412. The third-order valence-electron chi connectivity index (χ3n) is 4.98. The van der Waals surface area contributed by atoms with E-state index in [1.807, 2.05) is 0 Å². The van der Waals surface area contributed by atoms with Gasteiger partial charge in [0.25, 0.3) is 5.91 Å². The van der Waals surface area contributed by atoms with Crippen LogP contribution in [-0.4, -0.2) is 57.0 Å². The molecule has 2 fully saturated rings. The van der Waals surface area contributed by atoms with Gasteiger partial charge >= 0.3 is 6.03 Å². The van der Waals surface area contributed by atoms with E-state index in [1.54, 1.807) is 17.3 Å². The van der Waals surface area contributed by atoms with Crippen molar-refractivity contribution in [3.63, 3.8) is 0 Å². The lowest BCUT2D eigenvalue weighted by atomic mass is 10.2. The first kappa shape index (κ1) is 15.9. The van der Waals surface area contributed by atoms with E-state index in [0.29, 0.717) is 11.6 Å². The number of aromatic nitrogens is 4. The lowest BCUT2D eigenvalue weighted by molar-refractivity contribution is 0.0940. The summed E-state index contributed by atoms with van der Waals surface area (Å²) in [5.74, 6) is 0.606. The van der Waals surface area contributed by atoms with Gasteiger partial charge in [0.1, 0.15) is 0 Å². The summed E-state index contributed by atoms with van der Waals surface area (Å²) in [6.07, 6.45) is 8.97. The minimum atomic E-state index is -0.337. The molecule has 0 aromatic carbocycles. The molecule has 0 spiro atoms. The van der Waals surface area contributed by atoms with Gasteiger partial charge in [0.05, 0.1) is 24.1 Å². The molecule has 0 radical (unpaired) electrons.